The van der Waals surface area contributed by atoms with Gasteiger partial charge in [-0.3, -0.25) is 9.78 Å². The maximum Gasteiger partial charge on any atom is 0.274 e. The maximum absolute atomic E-state index is 15.1. The van der Waals surface area contributed by atoms with Crippen molar-refractivity contribution in [3.63, 3.8) is 0 Å². The molecule has 1 saturated carbocycles. The second-order valence-electron chi connectivity index (χ2n) is 10.8. The number of anilines is 1. The highest BCUT2D eigenvalue weighted by molar-refractivity contribution is 6.03. The van der Waals surface area contributed by atoms with Crippen LogP contribution < -0.4 is 15.8 Å². The van der Waals surface area contributed by atoms with Gasteiger partial charge in [-0.2, -0.15) is 0 Å². The number of ether oxygens (including phenoxy) is 2. The van der Waals surface area contributed by atoms with Crippen LogP contribution >= 0.6 is 0 Å². The SMILES string of the molecule is C[C@@H]1C[C@@H](N)C[C@H](c2ccncc2NC(=O)c2ccc(F)c(-c3c(F)cc(OCC4CCOCC4)cc3F)n2)C1. The van der Waals surface area contributed by atoms with Crippen LogP contribution in [0.15, 0.2) is 42.7 Å². The van der Waals surface area contributed by atoms with Crippen molar-refractivity contribution in [1.82, 2.24) is 9.97 Å². The molecule has 0 radical (unpaired) electrons. The third kappa shape index (κ3) is 6.45. The van der Waals surface area contributed by atoms with Crippen LogP contribution in [0.2, 0.25) is 0 Å². The van der Waals surface area contributed by atoms with Crippen molar-refractivity contribution < 1.29 is 27.4 Å². The molecule has 5 rings (SSSR count). The van der Waals surface area contributed by atoms with Gasteiger partial charge in [0.1, 0.15) is 34.6 Å². The van der Waals surface area contributed by atoms with Crippen LogP contribution in [-0.2, 0) is 4.74 Å². The summed E-state index contributed by atoms with van der Waals surface area (Å²) in [6, 6.07) is 6.06. The first-order valence-corrected chi connectivity index (χ1v) is 13.7. The Bertz CT molecular complexity index is 1330. The van der Waals surface area contributed by atoms with Crippen molar-refractivity contribution >= 4 is 11.6 Å². The van der Waals surface area contributed by atoms with Crippen molar-refractivity contribution in [2.75, 3.05) is 25.1 Å². The largest absolute Gasteiger partial charge is 0.493 e. The van der Waals surface area contributed by atoms with E-state index in [1.165, 1.54) is 6.07 Å². The number of hydrogen-bond donors (Lipinski definition) is 2. The van der Waals surface area contributed by atoms with Crippen molar-refractivity contribution in [1.29, 1.82) is 0 Å². The van der Waals surface area contributed by atoms with Gasteiger partial charge in [-0.15, -0.1) is 0 Å². The fourth-order valence-corrected chi connectivity index (χ4v) is 5.69. The smallest absolute Gasteiger partial charge is 0.274 e. The maximum atomic E-state index is 15.1. The van der Waals surface area contributed by atoms with Crippen LogP contribution in [0, 0.1) is 29.3 Å². The Balaban J connectivity index is 1.35. The molecule has 1 aliphatic heterocycles. The Hall–Kier alpha value is -3.50. The number of nitrogens with two attached hydrogens (primary N) is 1. The highest BCUT2D eigenvalue weighted by atomic mass is 19.1. The molecule has 0 unspecified atom stereocenters. The third-order valence-corrected chi connectivity index (χ3v) is 7.68. The van der Waals surface area contributed by atoms with E-state index in [0.717, 1.165) is 55.9 Å². The van der Waals surface area contributed by atoms with Gasteiger partial charge in [0.2, 0.25) is 0 Å². The standard InChI is InChI=1S/C30H33F3N4O3/c1-17-10-19(12-20(34)11-17)22-4-7-35-15-27(22)37-30(38)26-3-2-23(31)29(36-26)28-24(32)13-21(14-25(28)33)40-16-18-5-8-39-9-6-18/h2-4,7,13-15,17-20H,5-6,8-12,16,34H2,1H3,(H,37,38)/t17-,19+,20+/m0/s1. The molecule has 0 bridgehead atoms. The molecule has 3 N–H and O–H groups in total. The van der Waals surface area contributed by atoms with Gasteiger partial charge in [0, 0.05) is 37.6 Å². The van der Waals surface area contributed by atoms with E-state index in [4.69, 9.17) is 15.2 Å². The van der Waals surface area contributed by atoms with Gasteiger partial charge in [-0.1, -0.05) is 6.92 Å². The molecule has 0 spiro atoms. The first kappa shape index (κ1) is 28.0. The van der Waals surface area contributed by atoms with E-state index >= 15 is 8.78 Å². The van der Waals surface area contributed by atoms with E-state index in [0.29, 0.717) is 31.4 Å². The zero-order chi connectivity index (χ0) is 28.2. The van der Waals surface area contributed by atoms with Gasteiger partial charge in [0.15, 0.2) is 0 Å². The Kier molecular flexibility index (Phi) is 8.66. The zero-order valence-electron chi connectivity index (χ0n) is 22.3. The van der Waals surface area contributed by atoms with E-state index in [-0.39, 0.29) is 29.3 Å². The van der Waals surface area contributed by atoms with Gasteiger partial charge in [-0.25, -0.2) is 18.2 Å². The summed E-state index contributed by atoms with van der Waals surface area (Å²) in [4.78, 5) is 21.3. The molecule has 1 amide bonds. The molecule has 40 heavy (non-hydrogen) atoms. The van der Waals surface area contributed by atoms with Gasteiger partial charge in [0.05, 0.1) is 24.1 Å². The lowest BCUT2D eigenvalue weighted by Crippen LogP contribution is -2.31. The van der Waals surface area contributed by atoms with Crippen molar-refractivity contribution in [3.05, 3.63) is 71.4 Å². The molecule has 3 aromatic rings. The minimum Gasteiger partial charge on any atom is -0.493 e. The number of rotatable bonds is 7. The fraction of sp³-hybridized carbons (Fsp3) is 0.433. The van der Waals surface area contributed by atoms with E-state index in [9.17, 15) is 9.18 Å². The first-order valence-electron chi connectivity index (χ1n) is 13.7. The fourth-order valence-electron chi connectivity index (χ4n) is 5.69. The van der Waals surface area contributed by atoms with E-state index in [1.54, 1.807) is 12.4 Å². The first-order chi connectivity index (χ1) is 19.3. The van der Waals surface area contributed by atoms with E-state index in [2.05, 4.69) is 22.2 Å². The summed E-state index contributed by atoms with van der Waals surface area (Å²) >= 11 is 0. The Morgan fingerprint density at radius 1 is 1.07 bits per heavy atom. The summed E-state index contributed by atoms with van der Waals surface area (Å²) in [5, 5.41) is 2.79. The Morgan fingerprint density at radius 2 is 1.82 bits per heavy atom. The molecule has 212 valence electrons. The molecule has 1 aliphatic carbocycles. The predicted molar refractivity (Wildman–Crippen MR) is 145 cm³/mol. The lowest BCUT2D eigenvalue weighted by Gasteiger charge is -2.32. The van der Waals surface area contributed by atoms with Gasteiger partial charge >= 0.3 is 0 Å². The number of benzene rings is 1. The summed E-state index contributed by atoms with van der Waals surface area (Å²) in [5.74, 6) is -2.88. The van der Waals surface area contributed by atoms with Crippen LogP contribution in [0.4, 0.5) is 18.9 Å². The number of hydrogen-bond acceptors (Lipinski definition) is 6. The quantitative estimate of drug-likeness (QED) is 0.380. The lowest BCUT2D eigenvalue weighted by molar-refractivity contribution is 0.0496. The summed E-state index contributed by atoms with van der Waals surface area (Å²) in [6.07, 6.45) is 7.47. The number of nitrogens with zero attached hydrogens (tertiary/aromatic N) is 2. The molecule has 2 aromatic heterocycles. The number of nitrogens with one attached hydrogen (secondary N) is 1. The topological polar surface area (TPSA) is 99.4 Å². The van der Waals surface area contributed by atoms with Crippen molar-refractivity contribution in [2.45, 2.75) is 51.0 Å². The van der Waals surface area contributed by atoms with E-state index < -0.39 is 34.6 Å². The molecule has 1 aromatic carbocycles. The number of carbonyl (C=O) groups is 1. The number of amides is 1. The number of aromatic nitrogens is 2. The highest BCUT2D eigenvalue weighted by Gasteiger charge is 2.28. The summed E-state index contributed by atoms with van der Waals surface area (Å²) in [6.45, 7) is 3.70. The number of halogens is 3. The minimum absolute atomic E-state index is 0.000374. The average Bonchev–Trinajstić information content (AvgIpc) is 2.93. The van der Waals surface area contributed by atoms with Gasteiger partial charge in [0.25, 0.3) is 5.91 Å². The van der Waals surface area contributed by atoms with Crippen LogP contribution in [0.25, 0.3) is 11.3 Å². The molecule has 10 heteroatoms. The second-order valence-corrected chi connectivity index (χ2v) is 10.8. The highest BCUT2D eigenvalue weighted by Crippen LogP contribution is 2.38. The molecule has 7 nitrogen and oxygen atoms in total. The monoisotopic (exact) mass is 554 g/mol. The number of pyridine rings is 2. The zero-order valence-corrected chi connectivity index (χ0v) is 22.3. The Labute approximate surface area is 231 Å². The normalized spacial score (nSPS) is 21.7. The molecule has 1 saturated heterocycles. The summed E-state index contributed by atoms with van der Waals surface area (Å²) < 4.78 is 55.9. The molecular formula is C30H33F3N4O3. The molecule has 2 aliphatic rings. The van der Waals surface area contributed by atoms with Crippen LogP contribution in [-0.4, -0.2) is 41.7 Å². The molecule has 2 fully saturated rings. The molecule has 3 atom stereocenters. The minimum atomic E-state index is -1.04. The van der Waals surface area contributed by atoms with Crippen molar-refractivity contribution in [3.8, 4) is 17.0 Å². The molecular weight excluding hydrogens is 521 g/mol. The predicted octanol–water partition coefficient (Wildman–Crippen LogP) is 5.85. The van der Waals surface area contributed by atoms with Crippen LogP contribution in [0.3, 0.4) is 0 Å². The van der Waals surface area contributed by atoms with Crippen LogP contribution in [0.5, 0.6) is 5.75 Å². The summed E-state index contributed by atoms with van der Waals surface area (Å²) in [7, 11) is 0. The van der Waals surface area contributed by atoms with Gasteiger partial charge < -0.3 is 20.5 Å². The Morgan fingerprint density at radius 3 is 2.55 bits per heavy atom. The summed E-state index contributed by atoms with van der Waals surface area (Å²) in [5.41, 5.74) is 6.18. The second kappa shape index (κ2) is 12.3. The van der Waals surface area contributed by atoms with Gasteiger partial charge in [-0.05, 0) is 73.6 Å². The van der Waals surface area contributed by atoms with Crippen LogP contribution in [0.1, 0.15) is 61.0 Å². The van der Waals surface area contributed by atoms with E-state index in [1.807, 2.05) is 6.07 Å². The number of carbonyl (C=O) groups excluding carboxylic acids is 1. The lowest BCUT2D eigenvalue weighted by atomic mass is 9.76. The average molecular weight is 555 g/mol. The third-order valence-electron chi connectivity index (χ3n) is 7.68. The molecule has 3 heterocycles. The van der Waals surface area contributed by atoms with Crippen molar-refractivity contribution in [2.24, 2.45) is 17.6 Å².